The molecular weight excluding hydrogens is 366 g/mol. The molecule has 0 aliphatic carbocycles. The summed E-state index contributed by atoms with van der Waals surface area (Å²) in [6.45, 7) is 5.97. The Morgan fingerprint density at radius 1 is 1.04 bits per heavy atom. The van der Waals surface area contributed by atoms with Crippen LogP contribution in [0.25, 0.3) is 5.69 Å². The van der Waals surface area contributed by atoms with Crippen molar-refractivity contribution in [1.29, 1.82) is 0 Å². The van der Waals surface area contributed by atoms with E-state index in [2.05, 4.69) is 26.3 Å². The Morgan fingerprint density at radius 2 is 1.75 bits per heavy atom. The number of aryl methyl sites for hydroxylation is 2. The molecule has 0 fully saturated rings. The smallest absolute Gasteiger partial charge is 0.259 e. The second-order valence-corrected chi connectivity index (χ2v) is 6.70. The lowest BCUT2D eigenvalue weighted by atomic mass is 10.1. The number of nitrogens with one attached hydrogen (secondary N) is 1. The molecule has 1 aromatic heterocycles. The molecule has 5 heteroatoms. The number of nitrogens with zero attached hydrogens (tertiary/aromatic N) is 2. The number of hydrogen-bond acceptors (Lipinski definition) is 2. The summed E-state index contributed by atoms with van der Waals surface area (Å²) in [5.41, 5.74) is 5.43. The third kappa shape index (κ3) is 3.26. The molecule has 24 heavy (non-hydrogen) atoms. The van der Waals surface area contributed by atoms with Gasteiger partial charge in [-0.15, -0.1) is 0 Å². The summed E-state index contributed by atoms with van der Waals surface area (Å²) < 4.78 is 2.77. The Labute approximate surface area is 149 Å². The first-order chi connectivity index (χ1) is 11.5. The zero-order valence-electron chi connectivity index (χ0n) is 13.8. The van der Waals surface area contributed by atoms with Gasteiger partial charge in [0.2, 0.25) is 0 Å². The molecule has 0 aliphatic heterocycles. The summed E-state index contributed by atoms with van der Waals surface area (Å²) in [5, 5.41) is 7.29. The molecule has 0 saturated heterocycles. The van der Waals surface area contributed by atoms with Gasteiger partial charge in [0.1, 0.15) is 0 Å². The molecule has 122 valence electrons. The molecule has 0 saturated carbocycles. The minimum absolute atomic E-state index is 0.154. The van der Waals surface area contributed by atoms with Crippen LogP contribution in [0.2, 0.25) is 0 Å². The first kappa shape index (κ1) is 16.5. The van der Waals surface area contributed by atoms with E-state index in [4.69, 9.17) is 0 Å². The Hall–Kier alpha value is -2.40. The van der Waals surface area contributed by atoms with Gasteiger partial charge in [-0.25, -0.2) is 4.68 Å². The fourth-order valence-electron chi connectivity index (χ4n) is 2.49. The Bertz CT molecular complexity index is 897. The summed E-state index contributed by atoms with van der Waals surface area (Å²) >= 11 is 3.42. The Kier molecular flexibility index (Phi) is 4.53. The van der Waals surface area contributed by atoms with Crippen molar-refractivity contribution < 1.29 is 4.79 Å². The SMILES string of the molecule is Cc1ccc(NC(=O)c2cnn(-c3ccc(Br)cc3)c2C)cc1C. The van der Waals surface area contributed by atoms with E-state index in [1.54, 1.807) is 10.9 Å². The molecule has 1 heterocycles. The predicted octanol–water partition coefficient (Wildman–Crippen LogP) is 4.81. The van der Waals surface area contributed by atoms with Crippen LogP contribution in [0.5, 0.6) is 0 Å². The fourth-order valence-corrected chi connectivity index (χ4v) is 2.76. The van der Waals surface area contributed by atoms with E-state index in [1.165, 1.54) is 5.56 Å². The van der Waals surface area contributed by atoms with Crippen molar-refractivity contribution in [2.45, 2.75) is 20.8 Å². The van der Waals surface area contributed by atoms with Gasteiger partial charge in [-0.1, -0.05) is 22.0 Å². The van der Waals surface area contributed by atoms with Crippen LogP contribution in [-0.2, 0) is 0 Å². The largest absolute Gasteiger partial charge is 0.322 e. The van der Waals surface area contributed by atoms with Gasteiger partial charge >= 0.3 is 0 Å². The molecule has 0 atom stereocenters. The van der Waals surface area contributed by atoms with Crippen LogP contribution in [0.1, 0.15) is 27.2 Å². The average molecular weight is 384 g/mol. The number of halogens is 1. The maximum Gasteiger partial charge on any atom is 0.259 e. The van der Waals surface area contributed by atoms with Crippen molar-refractivity contribution in [3.05, 3.63) is 75.5 Å². The van der Waals surface area contributed by atoms with E-state index in [0.29, 0.717) is 5.56 Å². The van der Waals surface area contributed by atoms with Crippen molar-refractivity contribution in [3.63, 3.8) is 0 Å². The van der Waals surface area contributed by atoms with Crippen molar-refractivity contribution in [1.82, 2.24) is 9.78 Å². The number of amides is 1. The van der Waals surface area contributed by atoms with Crippen LogP contribution >= 0.6 is 15.9 Å². The minimum atomic E-state index is -0.154. The number of hydrogen-bond donors (Lipinski definition) is 1. The molecular formula is C19H18BrN3O. The monoisotopic (exact) mass is 383 g/mol. The highest BCUT2D eigenvalue weighted by molar-refractivity contribution is 9.10. The van der Waals surface area contributed by atoms with Gasteiger partial charge < -0.3 is 5.32 Å². The number of carbonyl (C=O) groups excluding carboxylic acids is 1. The number of benzene rings is 2. The van der Waals surface area contributed by atoms with Gasteiger partial charge in [0.05, 0.1) is 23.1 Å². The van der Waals surface area contributed by atoms with Crippen molar-refractivity contribution >= 4 is 27.5 Å². The third-order valence-electron chi connectivity index (χ3n) is 4.09. The first-order valence-corrected chi connectivity index (χ1v) is 8.44. The maximum absolute atomic E-state index is 12.6. The molecule has 0 unspecified atom stereocenters. The zero-order valence-corrected chi connectivity index (χ0v) is 15.4. The van der Waals surface area contributed by atoms with Gasteiger partial charge in [0.15, 0.2) is 0 Å². The lowest BCUT2D eigenvalue weighted by molar-refractivity contribution is 0.102. The molecule has 3 aromatic rings. The van der Waals surface area contributed by atoms with Crippen molar-refractivity contribution in [2.24, 2.45) is 0 Å². The minimum Gasteiger partial charge on any atom is -0.322 e. The Morgan fingerprint density at radius 3 is 2.42 bits per heavy atom. The topological polar surface area (TPSA) is 46.9 Å². The predicted molar refractivity (Wildman–Crippen MR) is 99.9 cm³/mol. The molecule has 0 radical (unpaired) electrons. The lowest BCUT2D eigenvalue weighted by Crippen LogP contribution is -2.13. The van der Waals surface area contributed by atoms with E-state index >= 15 is 0 Å². The molecule has 0 spiro atoms. The summed E-state index contributed by atoms with van der Waals surface area (Å²) in [7, 11) is 0. The quantitative estimate of drug-likeness (QED) is 0.704. The average Bonchev–Trinajstić information content (AvgIpc) is 2.93. The van der Waals surface area contributed by atoms with Crippen LogP contribution in [0.4, 0.5) is 5.69 Å². The lowest BCUT2D eigenvalue weighted by Gasteiger charge is -2.08. The van der Waals surface area contributed by atoms with Crippen LogP contribution in [-0.4, -0.2) is 15.7 Å². The van der Waals surface area contributed by atoms with Gasteiger partial charge in [-0.05, 0) is 68.3 Å². The number of rotatable bonds is 3. The highest BCUT2D eigenvalue weighted by Crippen LogP contribution is 2.19. The second-order valence-electron chi connectivity index (χ2n) is 5.79. The number of anilines is 1. The van der Waals surface area contributed by atoms with E-state index in [1.807, 2.05) is 63.2 Å². The number of aromatic nitrogens is 2. The summed E-state index contributed by atoms with van der Waals surface area (Å²) in [5.74, 6) is -0.154. The highest BCUT2D eigenvalue weighted by Gasteiger charge is 2.15. The zero-order chi connectivity index (χ0) is 17.3. The van der Waals surface area contributed by atoms with E-state index in [9.17, 15) is 4.79 Å². The van der Waals surface area contributed by atoms with Crippen LogP contribution in [0, 0.1) is 20.8 Å². The van der Waals surface area contributed by atoms with E-state index < -0.39 is 0 Å². The number of carbonyl (C=O) groups is 1. The van der Waals surface area contributed by atoms with Crippen LogP contribution in [0.15, 0.2) is 53.1 Å². The summed E-state index contributed by atoms with van der Waals surface area (Å²) in [6, 6.07) is 13.7. The van der Waals surface area contributed by atoms with Crippen molar-refractivity contribution in [3.8, 4) is 5.69 Å². The van der Waals surface area contributed by atoms with Crippen LogP contribution < -0.4 is 5.32 Å². The second kappa shape index (κ2) is 6.61. The van der Waals surface area contributed by atoms with Crippen molar-refractivity contribution in [2.75, 3.05) is 5.32 Å². The molecule has 2 aromatic carbocycles. The normalized spacial score (nSPS) is 10.7. The molecule has 0 bridgehead atoms. The fraction of sp³-hybridized carbons (Fsp3) is 0.158. The van der Waals surface area contributed by atoms with Gasteiger partial charge in [0, 0.05) is 10.2 Å². The van der Waals surface area contributed by atoms with E-state index in [0.717, 1.165) is 27.1 Å². The molecule has 4 nitrogen and oxygen atoms in total. The highest BCUT2D eigenvalue weighted by atomic mass is 79.9. The van der Waals surface area contributed by atoms with E-state index in [-0.39, 0.29) is 5.91 Å². The molecule has 1 amide bonds. The third-order valence-corrected chi connectivity index (χ3v) is 4.62. The summed E-state index contributed by atoms with van der Waals surface area (Å²) in [4.78, 5) is 12.6. The maximum atomic E-state index is 12.6. The molecule has 0 aliphatic rings. The molecule has 3 rings (SSSR count). The first-order valence-electron chi connectivity index (χ1n) is 7.65. The summed E-state index contributed by atoms with van der Waals surface area (Å²) in [6.07, 6.45) is 1.60. The Balaban J connectivity index is 1.85. The van der Waals surface area contributed by atoms with Crippen LogP contribution in [0.3, 0.4) is 0 Å². The van der Waals surface area contributed by atoms with Gasteiger partial charge in [-0.3, -0.25) is 4.79 Å². The standard InChI is InChI=1S/C19H18BrN3O/c1-12-4-7-16(10-13(12)2)22-19(24)18-11-21-23(14(18)3)17-8-5-15(20)6-9-17/h4-11H,1-3H3,(H,22,24). The van der Waals surface area contributed by atoms with Gasteiger partial charge in [0.25, 0.3) is 5.91 Å². The van der Waals surface area contributed by atoms with Gasteiger partial charge in [-0.2, -0.15) is 5.10 Å². The molecule has 1 N–H and O–H groups in total.